The van der Waals surface area contributed by atoms with Gasteiger partial charge in [-0.3, -0.25) is 0 Å². The molecule has 0 fully saturated rings. The highest BCUT2D eigenvalue weighted by Gasteiger charge is 2.14. The van der Waals surface area contributed by atoms with Crippen LogP contribution in [0.5, 0.6) is 0 Å². The smallest absolute Gasteiger partial charge is 0.137 e. The fraction of sp³-hybridized carbons (Fsp3) is 0.412. The summed E-state index contributed by atoms with van der Waals surface area (Å²) in [6, 6.07) is 10.5. The molecule has 1 heterocycles. The molecule has 0 saturated heterocycles. The van der Waals surface area contributed by atoms with Gasteiger partial charge in [0.2, 0.25) is 0 Å². The van der Waals surface area contributed by atoms with Crippen molar-refractivity contribution in [3.63, 3.8) is 0 Å². The van der Waals surface area contributed by atoms with Crippen LogP contribution in [0.15, 0.2) is 36.7 Å². The number of anilines is 2. The number of benzene rings is 1. The molecule has 21 heavy (non-hydrogen) atoms. The first-order valence-corrected chi connectivity index (χ1v) is 7.59. The van der Waals surface area contributed by atoms with Crippen molar-refractivity contribution in [3.05, 3.63) is 47.8 Å². The first-order chi connectivity index (χ1) is 10.3. The second-order valence-corrected chi connectivity index (χ2v) is 5.15. The Balaban J connectivity index is 2.26. The Morgan fingerprint density at radius 2 is 1.86 bits per heavy atom. The van der Waals surface area contributed by atoms with E-state index in [0.717, 1.165) is 37.6 Å². The zero-order valence-electron chi connectivity index (χ0n) is 13.1. The van der Waals surface area contributed by atoms with Gasteiger partial charge in [0, 0.05) is 25.7 Å². The van der Waals surface area contributed by atoms with E-state index in [0.29, 0.717) is 0 Å². The molecular weight excluding hydrogens is 260 g/mol. The number of nitrogens with zero attached hydrogens (tertiary/aromatic N) is 3. The van der Waals surface area contributed by atoms with Gasteiger partial charge in [-0.05, 0) is 18.9 Å². The lowest BCUT2D eigenvalue weighted by Gasteiger charge is -2.22. The van der Waals surface area contributed by atoms with Crippen LogP contribution in [0.3, 0.4) is 0 Å². The second-order valence-electron chi connectivity index (χ2n) is 5.15. The molecule has 0 aliphatic carbocycles. The Kier molecular flexibility index (Phi) is 5.55. The van der Waals surface area contributed by atoms with Crippen LogP contribution < -0.4 is 10.2 Å². The first-order valence-electron chi connectivity index (χ1n) is 7.59. The molecule has 0 radical (unpaired) electrons. The van der Waals surface area contributed by atoms with Crippen molar-refractivity contribution in [1.29, 1.82) is 0 Å². The number of hydrogen-bond acceptors (Lipinski definition) is 4. The summed E-state index contributed by atoms with van der Waals surface area (Å²) in [5, 5.41) is 3.34. The third kappa shape index (κ3) is 3.94. The molecule has 0 aliphatic rings. The van der Waals surface area contributed by atoms with Crippen LogP contribution in [-0.4, -0.2) is 23.6 Å². The Bertz CT molecular complexity index is 554. The summed E-state index contributed by atoms with van der Waals surface area (Å²) in [5.41, 5.74) is 2.49. The van der Waals surface area contributed by atoms with Gasteiger partial charge in [-0.1, -0.05) is 43.7 Å². The summed E-state index contributed by atoms with van der Waals surface area (Å²) in [6.45, 7) is 5.99. The largest absolute Gasteiger partial charge is 0.370 e. The number of hydrogen-bond donors (Lipinski definition) is 1. The van der Waals surface area contributed by atoms with Gasteiger partial charge in [0.25, 0.3) is 0 Å². The van der Waals surface area contributed by atoms with Crippen LogP contribution in [0.2, 0.25) is 0 Å². The Labute approximate surface area is 127 Å². The van der Waals surface area contributed by atoms with Crippen LogP contribution in [0.4, 0.5) is 11.6 Å². The third-order valence-electron chi connectivity index (χ3n) is 3.39. The van der Waals surface area contributed by atoms with E-state index in [-0.39, 0.29) is 0 Å². The van der Waals surface area contributed by atoms with Crippen LogP contribution in [0.1, 0.15) is 31.4 Å². The van der Waals surface area contributed by atoms with E-state index in [1.165, 1.54) is 11.1 Å². The predicted octanol–water partition coefficient (Wildman–Crippen LogP) is 3.50. The monoisotopic (exact) mass is 284 g/mol. The quantitative estimate of drug-likeness (QED) is 0.845. The van der Waals surface area contributed by atoms with E-state index < -0.39 is 0 Å². The predicted molar refractivity (Wildman–Crippen MR) is 88.7 cm³/mol. The Hall–Kier alpha value is -2.10. The lowest BCUT2D eigenvalue weighted by molar-refractivity contribution is 0.842. The van der Waals surface area contributed by atoms with Crippen molar-refractivity contribution in [1.82, 2.24) is 9.97 Å². The van der Waals surface area contributed by atoms with Crippen molar-refractivity contribution in [2.24, 2.45) is 0 Å². The van der Waals surface area contributed by atoms with Gasteiger partial charge in [-0.2, -0.15) is 0 Å². The highest BCUT2D eigenvalue weighted by atomic mass is 15.2. The minimum atomic E-state index is 0.847. The van der Waals surface area contributed by atoms with Gasteiger partial charge in [0.15, 0.2) is 0 Å². The molecule has 112 valence electrons. The fourth-order valence-corrected chi connectivity index (χ4v) is 2.46. The van der Waals surface area contributed by atoms with Crippen LogP contribution in [0, 0.1) is 0 Å². The number of nitrogens with one attached hydrogen (secondary N) is 1. The average Bonchev–Trinajstić information content (AvgIpc) is 2.50. The van der Waals surface area contributed by atoms with Gasteiger partial charge in [0.05, 0.1) is 0 Å². The van der Waals surface area contributed by atoms with Gasteiger partial charge < -0.3 is 10.2 Å². The summed E-state index contributed by atoms with van der Waals surface area (Å²) in [6.07, 6.45) is 3.71. The maximum Gasteiger partial charge on any atom is 0.137 e. The maximum atomic E-state index is 4.51. The molecule has 1 aromatic carbocycles. The first kappa shape index (κ1) is 15.3. The van der Waals surface area contributed by atoms with Gasteiger partial charge in [-0.15, -0.1) is 0 Å². The molecule has 4 heteroatoms. The molecule has 0 spiro atoms. The molecular formula is C17H24N4. The molecule has 2 rings (SSSR count). The van der Waals surface area contributed by atoms with Crippen molar-refractivity contribution < 1.29 is 0 Å². The minimum Gasteiger partial charge on any atom is -0.370 e. The van der Waals surface area contributed by atoms with E-state index in [1.807, 2.05) is 6.07 Å². The fourth-order valence-electron chi connectivity index (χ4n) is 2.46. The summed E-state index contributed by atoms with van der Waals surface area (Å²) in [5.74, 6) is 1.98. The Morgan fingerprint density at radius 3 is 2.52 bits per heavy atom. The van der Waals surface area contributed by atoms with Gasteiger partial charge >= 0.3 is 0 Å². The molecule has 4 nitrogen and oxygen atoms in total. The number of aromatic nitrogens is 2. The molecule has 0 atom stereocenters. The number of rotatable bonds is 7. The Morgan fingerprint density at radius 1 is 1.10 bits per heavy atom. The summed E-state index contributed by atoms with van der Waals surface area (Å²) in [4.78, 5) is 11.1. The summed E-state index contributed by atoms with van der Waals surface area (Å²) < 4.78 is 0. The average molecular weight is 284 g/mol. The van der Waals surface area contributed by atoms with E-state index in [4.69, 9.17) is 0 Å². The molecule has 1 N–H and O–H groups in total. The normalized spacial score (nSPS) is 10.4. The molecule has 0 aliphatic heterocycles. The molecule has 0 saturated carbocycles. The molecule has 2 aromatic rings. The van der Waals surface area contributed by atoms with Crippen LogP contribution >= 0.6 is 0 Å². The zero-order valence-corrected chi connectivity index (χ0v) is 13.1. The highest BCUT2D eigenvalue weighted by Crippen LogP contribution is 2.25. The summed E-state index contributed by atoms with van der Waals surface area (Å²) >= 11 is 0. The van der Waals surface area contributed by atoms with E-state index in [9.17, 15) is 0 Å². The van der Waals surface area contributed by atoms with Gasteiger partial charge in [0.1, 0.15) is 18.0 Å². The van der Waals surface area contributed by atoms with Gasteiger partial charge in [-0.25, -0.2) is 9.97 Å². The standard InChI is InChI=1S/C17H24N4/c1-4-9-15-16(18-5-2)19-13-20-17(15)21(3)12-14-10-7-6-8-11-14/h6-8,10-11,13H,4-5,9,12H2,1-3H3,(H,18,19,20). The second kappa shape index (κ2) is 7.62. The zero-order chi connectivity index (χ0) is 15.1. The minimum absolute atomic E-state index is 0.847. The maximum absolute atomic E-state index is 4.51. The third-order valence-corrected chi connectivity index (χ3v) is 3.39. The van der Waals surface area contributed by atoms with Crippen molar-refractivity contribution in [2.45, 2.75) is 33.2 Å². The molecule has 0 unspecified atom stereocenters. The lowest BCUT2D eigenvalue weighted by atomic mass is 10.1. The van der Waals surface area contributed by atoms with Crippen molar-refractivity contribution in [2.75, 3.05) is 23.8 Å². The lowest BCUT2D eigenvalue weighted by Crippen LogP contribution is -2.20. The summed E-state index contributed by atoms with van der Waals surface area (Å²) in [7, 11) is 2.09. The molecule has 0 bridgehead atoms. The van der Waals surface area contributed by atoms with E-state index >= 15 is 0 Å². The van der Waals surface area contributed by atoms with Crippen molar-refractivity contribution in [3.8, 4) is 0 Å². The van der Waals surface area contributed by atoms with Crippen molar-refractivity contribution >= 4 is 11.6 Å². The topological polar surface area (TPSA) is 41.1 Å². The van der Waals surface area contributed by atoms with Crippen LogP contribution in [0.25, 0.3) is 0 Å². The highest BCUT2D eigenvalue weighted by molar-refractivity contribution is 5.58. The molecule has 1 aromatic heterocycles. The van der Waals surface area contributed by atoms with Crippen LogP contribution in [-0.2, 0) is 13.0 Å². The molecule has 0 amide bonds. The van der Waals surface area contributed by atoms with E-state index in [1.54, 1.807) is 6.33 Å². The van der Waals surface area contributed by atoms with E-state index in [2.05, 4.69) is 65.3 Å². The SMILES string of the molecule is CCCc1c(NCC)ncnc1N(C)Cc1ccccc1.